The van der Waals surface area contributed by atoms with E-state index in [1.54, 1.807) is 6.20 Å². The van der Waals surface area contributed by atoms with Gasteiger partial charge in [0.1, 0.15) is 0 Å². The maximum atomic E-state index is 12.9. The maximum Gasteiger partial charge on any atom is 0.256 e. The highest BCUT2D eigenvalue weighted by molar-refractivity contribution is 5.96. The van der Waals surface area contributed by atoms with Gasteiger partial charge in [-0.2, -0.15) is 0 Å². The summed E-state index contributed by atoms with van der Waals surface area (Å²) in [7, 11) is 2.00. The van der Waals surface area contributed by atoms with Crippen molar-refractivity contribution in [1.29, 1.82) is 0 Å². The predicted molar refractivity (Wildman–Crippen MR) is 82.1 cm³/mol. The van der Waals surface area contributed by atoms with Crippen LogP contribution < -0.4 is 0 Å². The summed E-state index contributed by atoms with van der Waals surface area (Å²) in [5, 5.41) is 0. The first-order valence-corrected chi connectivity index (χ1v) is 7.44. The zero-order valence-electron chi connectivity index (χ0n) is 12.8. The summed E-state index contributed by atoms with van der Waals surface area (Å²) in [6.45, 7) is 4.85. The number of carbonyl (C=O) groups excluding carboxylic acids is 1. The predicted octanol–water partition coefficient (Wildman–Crippen LogP) is 3.01. The first kappa shape index (κ1) is 13.9. The van der Waals surface area contributed by atoms with Crippen molar-refractivity contribution in [2.24, 2.45) is 7.05 Å². The molecule has 1 fully saturated rings. The van der Waals surface area contributed by atoms with Gasteiger partial charge in [0.15, 0.2) is 0 Å². The lowest BCUT2D eigenvalue weighted by Gasteiger charge is -2.24. The molecule has 4 heteroatoms. The van der Waals surface area contributed by atoms with E-state index in [1.807, 2.05) is 50.1 Å². The van der Waals surface area contributed by atoms with Gasteiger partial charge in [-0.25, -0.2) is 0 Å². The SMILES string of the molecule is Cc1cc(C(=O)N2CCC[C@H]2c2ccccn2)c(C)n1C. The first-order chi connectivity index (χ1) is 10.1. The highest BCUT2D eigenvalue weighted by Crippen LogP contribution is 2.32. The molecule has 4 nitrogen and oxygen atoms in total. The van der Waals surface area contributed by atoms with Gasteiger partial charge in [0.2, 0.25) is 0 Å². The number of aromatic nitrogens is 2. The number of hydrogen-bond donors (Lipinski definition) is 0. The van der Waals surface area contributed by atoms with E-state index in [9.17, 15) is 4.79 Å². The number of hydrogen-bond acceptors (Lipinski definition) is 2. The highest BCUT2D eigenvalue weighted by Gasteiger charge is 2.32. The minimum atomic E-state index is 0.110. The molecule has 2 aromatic heterocycles. The molecule has 3 heterocycles. The molecule has 1 saturated heterocycles. The van der Waals surface area contributed by atoms with Crippen molar-refractivity contribution in [3.05, 3.63) is 53.1 Å². The van der Waals surface area contributed by atoms with Gasteiger partial charge in [-0.1, -0.05) is 6.07 Å². The third kappa shape index (κ3) is 2.35. The van der Waals surface area contributed by atoms with Gasteiger partial charge in [0.25, 0.3) is 5.91 Å². The van der Waals surface area contributed by atoms with Crippen LogP contribution in [0, 0.1) is 13.8 Å². The van der Waals surface area contributed by atoms with Crippen LogP contribution in [0.2, 0.25) is 0 Å². The molecule has 21 heavy (non-hydrogen) atoms. The number of likely N-dealkylation sites (tertiary alicyclic amines) is 1. The number of pyridine rings is 1. The Labute approximate surface area is 125 Å². The van der Waals surface area contributed by atoms with E-state index in [2.05, 4.69) is 9.55 Å². The largest absolute Gasteiger partial charge is 0.351 e. The van der Waals surface area contributed by atoms with Crippen LogP contribution >= 0.6 is 0 Å². The molecule has 1 amide bonds. The van der Waals surface area contributed by atoms with Gasteiger partial charge in [0, 0.05) is 31.2 Å². The van der Waals surface area contributed by atoms with Crippen LogP contribution in [-0.4, -0.2) is 26.9 Å². The Morgan fingerprint density at radius 1 is 1.33 bits per heavy atom. The van der Waals surface area contributed by atoms with E-state index in [4.69, 9.17) is 0 Å². The Morgan fingerprint density at radius 2 is 2.14 bits per heavy atom. The number of nitrogens with zero attached hydrogens (tertiary/aromatic N) is 3. The third-order valence-electron chi connectivity index (χ3n) is 4.55. The number of amides is 1. The van der Waals surface area contributed by atoms with E-state index in [0.29, 0.717) is 0 Å². The minimum absolute atomic E-state index is 0.110. The highest BCUT2D eigenvalue weighted by atomic mass is 16.2. The van der Waals surface area contributed by atoms with Crippen LogP contribution in [0.15, 0.2) is 30.5 Å². The molecular weight excluding hydrogens is 262 g/mol. The fourth-order valence-electron chi connectivity index (χ4n) is 3.12. The van der Waals surface area contributed by atoms with Crippen LogP contribution in [0.1, 0.15) is 46.3 Å². The number of carbonyl (C=O) groups is 1. The molecular formula is C17H21N3O. The van der Waals surface area contributed by atoms with Crippen molar-refractivity contribution in [2.45, 2.75) is 32.7 Å². The summed E-state index contributed by atoms with van der Waals surface area (Å²) < 4.78 is 2.07. The Bertz CT molecular complexity index is 660. The minimum Gasteiger partial charge on any atom is -0.351 e. The van der Waals surface area contributed by atoms with Crippen molar-refractivity contribution >= 4 is 5.91 Å². The number of aryl methyl sites for hydroxylation is 1. The molecule has 0 radical (unpaired) electrons. The van der Waals surface area contributed by atoms with Gasteiger partial charge in [-0.05, 0) is 44.9 Å². The molecule has 1 aliphatic rings. The number of rotatable bonds is 2. The Hall–Kier alpha value is -2.10. The van der Waals surface area contributed by atoms with Crippen LogP contribution in [-0.2, 0) is 7.05 Å². The van der Waals surface area contributed by atoms with Crippen molar-refractivity contribution in [1.82, 2.24) is 14.5 Å². The summed E-state index contributed by atoms with van der Waals surface area (Å²) >= 11 is 0. The molecule has 0 aromatic carbocycles. The lowest BCUT2D eigenvalue weighted by atomic mass is 10.1. The average Bonchev–Trinajstić information content (AvgIpc) is 3.09. The molecule has 0 spiro atoms. The zero-order chi connectivity index (χ0) is 15.0. The van der Waals surface area contributed by atoms with E-state index in [0.717, 1.165) is 42.0 Å². The second-order valence-corrected chi connectivity index (χ2v) is 5.75. The average molecular weight is 283 g/mol. The molecule has 110 valence electrons. The fraction of sp³-hybridized carbons (Fsp3) is 0.412. The van der Waals surface area contributed by atoms with Crippen LogP contribution in [0.4, 0.5) is 0 Å². The molecule has 0 saturated carbocycles. The first-order valence-electron chi connectivity index (χ1n) is 7.44. The molecule has 0 N–H and O–H groups in total. The Morgan fingerprint density at radius 3 is 2.76 bits per heavy atom. The smallest absolute Gasteiger partial charge is 0.256 e. The molecule has 0 bridgehead atoms. The summed E-state index contributed by atoms with van der Waals surface area (Å²) in [4.78, 5) is 19.3. The van der Waals surface area contributed by atoms with E-state index >= 15 is 0 Å². The third-order valence-corrected chi connectivity index (χ3v) is 4.55. The van der Waals surface area contributed by atoms with Gasteiger partial charge in [0.05, 0.1) is 17.3 Å². The second-order valence-electron chi connectivity index (χ2n) is 5.75. The van der Waals surface area contributed by atoms with E-state index < -0.39 is 0 Å². The standard InChI is InChI=1S/C17H21N3O/c1-12-11-14(13(2)19(12)3)17(21)20-10-6-8-16(20)15-7-4-5-9-18-15/h4-5,7,9,11,16H,6,8,10H2,1-3H3/t16-/m0/s1. The van der Waals surface area contributed by atoms with Crippen LogP contribution in [0.25, 0.3) is 0 Å². The topological polar surface area (TPSA) is 38.1 Å². The van der Waals surface area contributed by atoms with Gasteiger partial charge < -0.3 is 9.47 Å². The Kier molecular flexibility index (Phi) is 3.53. The normalized spacial score (nSPS) is 18.2. The monoisotopic (exact) mass is 283 g/mol. The van der Waals surface area contributed by atoms with Crippen molar-refractivity contribution < 1.29 is 4.79 Å². The fourth-order valence-corrected chi connectivity index (χ4v) is 3.12. The molecule has 0 unspecified atom stereocenters. The summed E-state index contributed by atoms with van der Waals surface area (Å²) in [6.07, 6.45) is 3.83. The van der Waals surface area contributed by atoms with Gasteiger partial charge >= 0.3 is 0 Å². The quantitative estimate of drug-likeness (QED) is 0.849. The zero-order valence-corrected chi connectivity index (χ0v) is 12.8. The van der Waals surface area contributed by atoms with Crippen LogP contribution in [0.5, 0.6) is 0 Å². The van der Waals surface area contributed by atoms with E-state index in [-0.39, 0.29) is 11.9 Å². The second kappa shape index (κ2) is 5.35. The Balaban J connectivity index is 1.92. The van der Waals surface area contributed by atoms with Crippen molar-refractivity contribution in [3.8, 4) is 0 Å². The van der Waals surface area contributed by atoms with Gasteiger partial charge in [-0.15, -0.1) is 0 Å². The van der Waals surface area contributed by atoms with Gasteiger partial charge in [-0.3, -0.25) is 9.78 Å². The molecule has 0 aliphatic carbocycles. The summed E-state index contributed by atoms with van der Waals surface area (Å²) in [5.41, 5.74) is 3.96. The summed E-state index contributed by atoms with van der Waals surface area (Å²) in [6, 6.07) is 8.01. The molecule has 3 rings (SSSR count). The lowest BCUT2D eigenvalue weighted by Crippen LogP contribution is -2.31. The molecule has 1 aliphatic heterocycles. The molecule has 2 aromatic rings. The summed E-state index contributed by atoms with van der Waals surface area (Å²) in [5.74, 6) is 0.129. The van der Waals surface area contributed by atoms with Crippen molar-refractivity contribution in [2.75, 3.05) is 6.54 Å². The van der Waals surface area contributed by atoms with E-state index in [1.165, 1.54) is 0 Å². The maximum absolute atomic E-state index is 12.9. The van der Waals surface area contributed by atoms with Crippen molar-refractivity contribution in [3.63, 3.8) is 0 Å². The molecule has 1 atom stereocenters. The lowest BCUT2D eigenvalue weighted by molar-refractivity contribution is 0.0732. The van der Waals surface area contributed by atoms with Crippen LogP contribution in [0.3, 0.4) is 0 Å².